The van der Waals surface area contributed by atoms with Crippen LogP contribution in [0.4, 0.5) is 5.69 Å². The molecule has 4 aromatic rings. The van der Waals surface area contributed by atoms with Gasteiger partial charge >= 0.3 is 0 Å². The number of nitriles is 1. The number of ether oxygens (including phenoxy) is 1. The van der Waals surface area contributed by atoms with Crippen LogP contribution in [0, 0.1) is 11.3 Å². The molecule has 1 saturated heterocycles. The molecule has 0 aliphatic carbocycles. The lowest BCUT2D eigenvalue weighted by atomic mass is 9.99. The number of hydrogen-bond donors (Lipinski definition) is 0. The van der Waals surface area contributed by atoms with E-state index in [9.17, 15) is 4.79 Å². The zero-order valence-corrected chi connectivity index (χ0v) is 23.7. The summed E-state index contributed by atoms with van der Waals surface area (Å²) in [5.41, 5.74) is 4.44. The van der Waals surface area contributed by atoms with Crippen LogP contribution in [0.5, 0.6) is 5.88 Å². The van der Waals surface area contributed by atoms with Gasteiger partial charge in [0.1, 0.15) is 5.52 Å². The molecular weight excluding hydrogens is 510 g/mol. The summed E-state index contributed by atoms with van der Waals surface area (Å²) in [5.74, 6) is 0.486. The van der Waals surface area contributed by atoms with Crippen molar-refractivity contribution in [3.8, 4) is 23.1 Å². The Labute approximate surface area is 235 Å². The fraction of sp³-hybridized carbons (Fsp3) is 0.290. The molecule has 1 fully saturated rings. The van der Waals surface area contributed by atoms with Crippen LogP contribution in [-0.2, 0) is 4.79 Å². The third-order valence-corrected chi connectivity index (χ3v) is 6.40. The highest BCUT2D eigenvalue weighted by Crippen LogP contribution is 2.36. The fourth-order valence-corrected chi connectivity index (χ4v) is 4.68. The van der Waals surface area contributed by atoms with E-state index in [1.54, 1.807) is 18.1 Å². The summed E-state index contributed by atoms with van der Waals surface area (Å²) >= 11 is 6.55. The quantitative estimate of drug-likeness (QED) is 0.260. The molecule has 7 nitrogen and oxygen atoms in total. The lowest BCUT2D eigenvalue weighted by Crippen LogP contribution is -2.48. The second-order valence-corrected chi connectivity index (χ2v) is 9.27. The van der Waals surface area contributed by atoms with Gasteiger partial charge in [0.25, 0.3) is 0 Å². The molecule has 1 aliphatic rings. The molecule has 2 aromatic heterocycles. The molecule has 0 bridgehead atoms. The maximum absolute atomic E-state index is 11.9. The normalized spacial score (nSPS) is 12.5. The Morgan fingerprint density at radius 1 is 1.15 bits per heavy atom. The Hall–Kier alpha value is -4.15. The maximum atomic E-state index is 11.9. The molecule has 3 heterocycles. The summed E-state index contributed by atoms with van der Waals surface area (Å²) < 4.78 is 5.50. The number of hydrogen-bond acceptors (Lipinski definition) is 6. The molecule has 1 amide bonds. The number of rotatable bonds is 4. The molecule has 0 saturated carbocycles. The number of piperazine rings is 1. The molecule has 0 N–H and O–H groups in total. The van der Waals surface area contributed by atoms with Gasteiger partial charge in [-0.2, -0.15) is 5.26 Å². The van der Waals surface area contributed by atoms with E-state index >= 15 is 0 Å². The van der Waals surface area contributed by atoms with Crippen molar-refractivity contribution in [3.05, 3.63) is 72.4 Å². The monoisotopic (exact) mass is 543 g/mol. The summed E-state index contributed by atoms with van der Waals surface area (Å²) in [6.45, 7) is 11.9. The second-order valence-electron chi connectivity index (χ2n) is 8.87. The standard InChI is InChI=1S/C26H23ClN4O2.C3H8.C2H3N/c1-3-24(32)31-12-10-30(11-13-31)22-15-23(33-2)29-21-14-18(16-28-26(21)22)19-8-4-6-17-7-5-9-20(27)25(17)19;1-3-2;1-2-3/h3-9,14-16H,1,10-13H2,2H3;3H2,1-2H3;1H3. The second kappa shape index (κ2) is 14.1. The van der Waals surface area contributed by atoms with E-state index in [2.05, 4.69) is 42.4 Å². The van der Waals surface area contributed by atoms with Crippen LogP contribution in [-0.4, -0.2) is 54.1 Å². The fourth-order valence-electron chi connectivity index (χ4n) is 4.40. The van der Waals surface area contributed by atoms with Crippen molar-refractivity contribution in [2.24, 2.45) is 0 Å². The highest BCUT2D eigenvalue weighted by Gasteiger charge is 2.23. The third-order valence-electron chi connectivity index (χ3n) is 6.08. The summed E-state index contributed by atoms with van der Waals surface area (Å²) in [6, 6.07) is 17.7. The number of nitrogens with zero attached hydrogens (tertiary/aromatic N) is 5. The van der Waals surface area contributed by atoms with Crippen molar-refractivity contribution in [1.29, 1.82) is 5.26 Å². The summed E-state index contributed by atoms with van der Waals surface area (Å²) in [5, 5.41) is 10.1. The minimum Gasteiger partial charge on any atom is -0.481 e. The minimum absolute atomic E-state index is 0.0386. The number of carbonyl (C=O) groups excluding carboxylic acids is 1. The molecule has 0 radical (unpaired) electrons. The highest BCUT2D eigenvalue weighted by molar-refractivity contribution is 6.36. The number of amides is 1. The number of pyridine rings is 2. The van der Waals surface area contributed by atoms with Crippen LogP contribution in [0.15, 0.2) is 67.4 Å². The first-order chi connectivity index (χ1) is 18.9. The number of fused-ring (bicyclic) bond motifs is 2. The summed E-state index contributed by atoms with van der Waals surface area (Å²) in [4.78, 5) is 25.5. The van der Waals surface area contributed by atoms with Crippen LogP contribution >= 0.6 is 11.6 Å². The van der Waals surface area contributed by atoms with Crippen molar-refractivity contribution in [2.45, 2.75) is 27.2 Å². The van der Waals surface area contributed by atoms with E-state index < -0.39 is 0 Å². The number of halogens is 1. The van der Waals surface area contributed by atoms with Crippen molar-refractivity contribution < 1.29 is 9.53 Å². The maximum Gasteiger partial charge on any atom is 0.246 e. The van der Waals surface area contributed by atoms with Gasteiger partial charge in [-0.1, -0.05) is 68.8 Å². The number of anilines is 1. The Morgan fingerprint density at radius 2 is 1.79 bits per heavy atom. The van der Waals surface area contributed by atoms with Crippen molar-refractivity contribution in [2.75, 3.05) is 38.2 Å². The van der Waals surface area contributed by atoms with Gasteiger partial charge in [0, 0.05) is 61.3 Å². The van der Waals surface area contributed by atoms with Crippen molar-refractivity contribution in [1.82, 2.24) is 14.9 Å². The number of methoxy groups -OCH3 is 1. The highest BCUT2D eigenvalue weighted by atomic mass is 35.5. The van der Waals surface area contributed by atoms with Gasteiger partial charge in [0.05, 0.1) is 24.4 Å². The Morgan fingerprint density at radius 3 is 2.41 bits per heavy atom. The molecule has 39 heavy (non-hydrogen) atoms. The van der Waals surface area contributed by atoms with Crippen LogP contribution in [0.3, 0.4) is 0 Å². The van der Waals surface area contributed by atoms with Crippen molar-refractivity contribution >= 4 is 45.0 Å². The van der Waals surface area contributed by atoms with E-state index in [1.165, 1.54) is 19.4 Å². The van der Waals surface area contributed by atoms with Crippen molar-refractivity contribution in [3.63, 3.8) is 0 Å². The molecule has 8 heteroatoms. The summed E-state index contributed by atoms with van der Waals surface area (Å²) in [7, 11) is 1.61. The van der Waals surface area contributed by atoms with E-state index in [0.717, 1.165) is 38.6 Å². The number of benzene rings is 2. The van der Waals surface area contributed by atoms with Gasteiger partial charge < -0.3 is 14.5 Å². The minimum atomic E-state index is -0.0386. The third kappa shape index (κ3) is 6.84. The Kier molecular flexibility index (Phi) is 10.7. The lowest BCUT2D eigenvalue weighted by molar-refractivity contribution is -0.126. The SMILES string of the molecule is C=CC(=O)N1CCN(c2cc(OC)nc3cc(-c4cccc5cccc(Cl)c45)cnc23)CC1.CC#N.CCC. The molecular formula is C31H34ClN5O2. The smallest absolute Gasteiger partial charge is 0.246 e. The van der Waals surface area contributed by atoms with Crippen LogP contribution in [0.25, 0.3) is 32.9 Å². The predicted molar refractivity (Wildman–Crippen MR) is 160 cm³/mol. The first kappa shape index (κ1) is 29.4. The van der Waals surface area contributed by atoms with E-state index in [4.69, 9.17) is 26.6 Å². The molecule has 1 aliphatic heterocycles. The van der Waals surface area contributed by atoms with Gasteiger partial charge in [-0.3, -0.25) is 9.78 Å². The zero-order chi connectivity index (χ0) is 28.4. The van der Waals surface area contributed by atoms with Gasteiger partial charge in [-0.15, -0.1) is 0 Å². The lowest BCUT2D eigenvalue weighted by Gasteiger charge is -2.36. The summed E-state index contributed by atoms with van der Waals surface area (Å²) in [6.07, 6.45) is 4.48. The largest absolute Gasteiger partial charge is 0.481 e. The average Bonchev–Trinajstić information content (AvgIpc) is 2.96. The predicted octanol–water partition coefficient (Wildman–Crippen LogP) is 6.89. The molecule has 2 aromatic carbocycles. The van der Waals surface area contributed by atoms with Gasteiger partial charge in [0.15, 0.2) is 0 Å². The Balaban J connectivity index is 0.000000643. The number of aromatic nitrogens is 2. The van der Waals surface area contributed by atoms with Crippen LogP contribution < -0.4 is 9.64 Å². The molecule has 202 valence electrons. The van der Waals surface area contributed by atoms with E-state index in [1.807, 2.05) is 42.6 Å². The topological polar surface area (TPSA) is 82.3 Å². The van der Waals surface area contributed by atoms with Crippen LogP contribution in [0.2, 0.25) is 5.02 Å². The average molecular weight is 544 g/mol. The first-order valence-electron chi connectivity index (χ1n) is 12.9. The first-order valence-corrected chi connectivity index (χ1v) is 13.3. The van der Waals surface area contributed by atoms with E-state index in [0.29, 0.717) is 37.1 Å². The van der Waals surface area contributed by atoms with Crippen LogP contribution in [0.1, 0.15) is 27.2 Å². The zero-order valence-electron chi connectivity index (χ0n) is 22.9. The number of carbonyl (C=O) groups is 1. The van der Waals surface area contributed by atoms with Gasteiger partial charge in [-0.05, 0) is 29.2 Å². The Bertz CT molecular complexity index is 1480. The van der Waals surface area contributed by atoms with Gasteiger partial charge in [0.2, 0.25) is 11.8 Å². The molecule has 5 rings (SSSR count). The molecule has 0 unspecified atom stereocenters. The van der Waals surface area contributed by atoms with Gasteiger partial charge in [-0.25, -0.2) is 4.98 Å². The molecule has 0 spiro atoms. The molecule has 0 atom stereocenters. The van der Waals surface area contributed by atoms with E-state index in [-0.39, 0.29) is 5.91 Å².